The highest BCUT2D eigenvalue weighted by atomic mass is 19.4. The van der Waals surface area contributed by atoms with Crippen molar-refractivity contribution in [1.29, 1.82) is 0 Å². The van der Waals surface area contributed by atoms with Gasteiger partial charge < -0.3 is 15.1 Å². The Balaban J connectivity index is 1.55. The maximum absolute atomic E-state index is 13.6. The van der Waals surface area contributed by atoms with Crippen molar-refractivity contribution < 1.29 is 27.2 Å². The van der Waals surface area contributed by atoms with Crippen LogP contribution in [-0.2, 0) is 17.5 Å². The molecule has 0 saturated carbocycles. The molecule has 0 aliphatic heterocycles. The van der Waals surface area contributed by atoms with Crippen molar-refractivity contribution in [3.63, 3.8) is 0 Å². The number of nitrogens with zero attached hydrogens (tertiary/aromatic N) is 2. The number of rotatable bonds is 5. The van der Waals surface area contributed by atoms with E-state index in [1.54, 1.807) is 18.2 Å². The van der Waals surface area contributed by atoms with E-state index in [0.717, 1.165) is 17.0 Å². The number of anilines is 2. The van der Waals surface area contributed by atoms with Crippen molar-refractivity contribution in [3.8, 4) is 0 Å². The second-order valence-electron chi connectivity index (χ2n) is 6.93. The van der Waals surface area contributed by atoms with Crippen molar-refractivity contribution >= 4 is 34.1 Å². The Labute approximate surface area is 183 Å². The summed E-state index contributed by atoms with van der Waals surface area (Å²) in [5.41, 5.74) is -1.90. The maximum atomic E-state index is 13.6. The number of hydrogen-bond acceptors (Lipinski definition) is 5. The fourth-order valence-electron chi connectivity index (χ4n) is 3.13. The third kappa shape index (κ3) is 4.76. The van der Waals surface area contributed by atoms with Gasteiger partial charge in [0.25, 0.3) is 11.5 Å². The van der Waals surface area contributed by atoms with Gasteiger partial charge >= 0.3 is 6.18 Å². The largest absolute Gasteiger partial charge is 0.459 e. The summed E-state index contributed by atoms with van der Waals surface area (Å²) in [5, 5.41) is 4.75. The number of para-hydroxylation sites is 1. The van der Waals surface area contributed by atoms with Crippen LogP contribution in [-0.4, -0.2) is 21.4 Å². The van der Waals surface area contributed by atoms with Crippen LogP contribution in [0.1, 0.15) is 16.1 Å². The lowest BCUT2D eigenvalue weighted by Crippen LogP contribution is -2.28. The number of carbonyl (C=O) groups excluding carboxylic acids is 2. The minimum absolute atomic E-state index is 0.0737. The van der Waals surface area contributed by atoms with E-state index in [0.29, 0.717) is 11.6 Å². The van der Waals surface area contributed by atoms with E-state index in [1.807, 2.05) is 0 Å². The number of nitrogens with one attached hydrogen (secondary N) is 2. The second kappa shape index (κ2) is 8.61. The molecule has 0 radical (unpaired) electrons. The number of halogens is 3. The lowest BCUT2D eigenvalue weighted by molar-refractivity contribution is -0.136. The molecule has 0 unspecified atom stereocenters. The van der Waals surface area contributed by atoms with Crippen LogP contribution in [0.5, 0.6) is 0 Å². The zero-order valence-corrected chi connectivity index (χ0v) is 16.7. The molecule has 11 heteroatoms. The van der Waals surface area contributed by atoms with E-state index in [9.17, 15) is 27.6 Å². The van der Waals surface area contributed by atoms with Gasteiger partial charge in [-0.05, 0) is 42.5 Å². The molecule has 2 aromatic heterocycles. The summed E-state index contributed by atoms with van der Waals surface area (Å²) in [6.07, 6.45) is -2.41. The summed E-state index contributed by atoms with van der Waals surface area (Å²) < 4.78 is 46.7. The Morgan fingerprint density at radius 2 is 1.82 bits per heavy atom. The highest BCUT2D eigenvalue weighted by molar-refractivity contribution is 6.02. The van der Waals surface area contributed by atoms with Crippen LogP contribution in [0.4, 0.5) is 24.5 Å². The average Bonchev–Trinajstić information content (AvgIpc) is 3.31. The summed E-state index contributed by atoms with van der Waals surface area (Å²) in [6, 6.07) is 12.2. The molecule has 0 atom stereocenters. The first-order chi connectivity index (χ1) is 15.7. The Kier molecular flexibility index (Phi) is 5.69. The van der Waals surface area contributed by atoms with Crippen molar-refractivity contribution in [2.75, 3.05) is 10.6 Å². The number of hydrogen-bond donors (Lipinski definition) is 2. The summed E-state index contributed by atoms with van der Waals surface area (Å²) in [6.45, 7) is -0.537. The molecule has 0 saturated heterocycles. The van der Waals surface area contributed by atoms with Crippen molar-refractivity contribution in [3.05, 3.63) is 88.9 Å². The van der Waals surface area contributed by atoms with Gasteiger partial charge in [0.2, 0.25) is 5.91 Å². The van der Waals surface area contributed by atoms with E-state index in [1.165, 1.54) is 30.5 Å². The van der Waals surface area contributed by atoms with Gasteiger partial charge in [0.05, 0.1) is 34.7 Å². The highest BCUT2D eigenvalue weighted by Gasteiger charge is 2.34. The fourth-order valence-corrected chi connectivity index (χ4v) is 3.13. The molecule has 4 rings (SSSR count). The molecule has 0 aliphatic carbocycles. The van der Waals surface area contributed by atoms with Crippen molar-refractivity contribution in [1.82, 2.24) is 9.55 Å². The third-order valence-corrected chi connectivity index (χ3v) is 4.65. The predicted octanol–water partition coefficient (Wildman–Crippen LogP) is 3.90. The number of amides is 2. The Morgan fingerprint density at radius 1 is 1.03 bits per heavy atom. The predicted molar refractivity (Wildman–Crippen MR) is 113 cm³/mol. The minimum atomic E-state index is -4.82. The number of furan rings is 1. The Hall–Kier alpha value is -4.41. The third-order valence-electron chi connectivity index (χ3n) is 4.65. The summed E-state index contributed by atoms with van der Waals surface area (Å²) in [4.78, 5) is 41.0. The lowest BCUT2D eigenvalue weighted by Gasteiger charge is -2.16. The zero-order chi connectivity index (χ0) is 23.6. The molecule has 2 N–H and O–H groups in total. The first-order valence-electron chi connectivity index (χ1n) is 9.52. The lowest BCUT2D eigenvalue weighted by atomic mass is 10.1. The molecule has 33 heavy (non-hydrogen) atoms. The molecule has 0 fully saturated rings. The van der Waals surface area contributed by atoms with Gasteiger partial charge in [-0.25, -0.2) is 4.98 Å². The van der Waals surface area contributed by atoms with Gasteiger partial charge in [0.1, 0.15) is 6.54 Å². The number of fused-ring (bicyclic) bond motifs is 1. The van der Waals surface area contributed by atoms with Crippen LogP contribution in [0.3, 0.4) is 0 Å². The number of benzene rings is 2. The van der Waals surface area contributed by atoms with Gasteiger partial charge in [-0.3, -0.25) is 19.0 Å². The zero-order valence-electron chi connectivity index (χ0n) is 16.7. The molecule has 0 bridgehead atoms. The van der Waals surface area contributed by atoms with Crippen LogP contribution < -0.4 is 16.2 Å². The second-order valence-corrected chi connectivity index (χ2v) is 6.93. The van der Waals surface area contributed by atoms with Gasteiger partial charge in [-0.15, -0.1) is 0 Å². The first kappa shape index (κ1) is 21.8. The summed E-state index contributed by atoms with van der Waals surface area (Å²) in [5.74, 6) is -1.66. The smallest absolute Gasteiger partial charge is 0.418 e. The average molecular weight is 456 g/mol. The van der Waals surface area contributed by atoms with E-state index in [2.05, 4.69) is 15.6 Å². The number of aromatic nitrogens is 2. The van der Waals surface area contributed by atoms with Gasteiger partial charge in [-0.1, -0.05) is 12.1 Å². The SMILES string of the molecule is O=C(Cn1cnc2ccccc2c1=O)Nc1ccc(NC(=O)c2ccco2)cc1C(F)(F)F. The molecule has 2 amide bonds. The molecule has 168 valence electrons. The van der Waals surface area contributed by atoms with E-state index >= 15 is 0 Å². The van der Waals surface area contributed by atoms with E-state index in [4.69, 9.17) is 4.42 Å². The Bertz CT molecular complexity index is 1400. The van der Waals surface area contributed by atoms with Crippen LogP contribution >= 0.6 is 0 Å². The quantitative estimate of drug-likeness (QED) is 0.474. The summed E-state index contributed by atoms with van der Waals surface area (Å²) >= 11 is 0. The highest BCUT2D eigenvalue weighted by Crippen LogP contribution is 2.36. The van der Waals surface area contributed by atoms with Crippen LogP contribution in [0.15, 0.2) is 76.4 Å². The van der Waals surface area contributed by atoms with Gasteiger partial charge in [-0.2, -0.15) is 13.2 Å². The molecule has 0 aliphatic rings. The van der Waals surface area contributed by atoms with Gasteiger partial charge in [0.15, 0.2) is 5.76 Å². The maximum Gasteiger partial charge on any atom is 0.418 e. The monoisotopic (exact) mass is 456 g/mol. The number of alkyl halides is 3. The fraction of sp³-hybridized carbons (Fsp3) is 0.0909. The molecule has 0 spiro atoms. The molecule has 8 nitrogen and oxygen atoms in total. The number of carbonyl (C=O) groups is 2. The topological polar surface area (TPSA) is 106 Å². The molecule has 4 aromatic rings. The van der Waals surface area contributed by atoms with Gasteiger partial charge in [0, 0.05) is 5.69 Å². The van der Waals surface area contributed by atoms with Crippen molar-refractivity contribution in [2.24, 2.45) is 0 Å². The standard InChI is InChI=1S/C22H15F3N4O4/c23-22(24,25)15-10-13(27-20(31)18-6-3-9-33-18)7-8-17(15)28-19(30)11-29-12-26-16-5-2-1-4-14(16)21(29)32/h1-10,12H,11H2,(H,27,31)(H,28,30). The van der Waals surface area contributed by atoms with E-state index < -0.39 is 41.3 Å². The van der Waals surface area contributed by atoms with Crippen LogP contribution in [0, 0.1) is 0 Å². The van der Waals surface area contributed by atoms with Crippen LogP contribution in [0.2, 0.25) is 0 Å². The molecular weight excluding hydrogens is 441 g/mol. The van der Waals surface area contributed by atoms with Crippen LogP contribution in [0.25, 0.3) is 10.9 Å². The first-order valence-corrected chi connectivity index (χ1v) is 9.52. The Morgan fingerprint density at radius 3 is 2.55 bits per heavy atom. The van der Waals surface area contributed by atoms with E-state index in [-0.39, 0.29) is 16.8 Å². The molecule has 2 heterocycles. The normalized spacial score (nSPS) is 11.4. The summed E-state index contributed by atoms with van der Waals surface area (Å²) in [7, 11) is 0. The molecule has 2 aromatic carbocycles. The van der Waals surface area contributed by atoms with Crippen molar-refractivity contribution in [2.45, 2.75) is 12.7 Å². The molecular formula is C22H15F3N4O4. The minimum Gasteiger partial charge on any atom is -0.459 e.